The van der Waals surface area contributed by atoms with Crippen molar-refractivity contribution in [3.05, 3.63) is 59.2 Å². The minimum atomic E-state index is -0.497. The average Bonchev–Trinajstić information content (AvgIpc) is 3.36. The van der Waals surface area contributed by atoms with E-state index >= 15 is 0 Å². The molecule has 10 heteroatoms. The van der Waals surface area contributed by atoms with E-state index in [-0.39, 0.29) is 18.1 Å². The number of nitrogens with one attached hydrogen (secondary N) is 2. The van der Waals surface area contributed by atoms with Crippen LogP contribution in [-0.2, 0) is 4.74 Å². The number of amides is 2. The number of aromatic nitrogens is 2. The van der Waals surface area contributed by atoms with Crippen LogP contribution in [0.2, 0.25) is 0 Å². The SMILES string of the molecule is CC(C)(C)OC(=O)N1CCC(Oc2ccc(Nc3ncccc3NC(=O)c3nccs3)cc2)CC1. The van der Waals surface area contributed by atoms with E-state index in [1.54, 1.807) is 34.8 Å². The molecule has 1 fully saturated rings. The monoisotopic (exact) mass is 495 g/mol. The van der Waals surface area contributed by atoms with Crippen molar-refractivity contribution in [1.29, 1.82) is 0 Å². The van der Waals surface area contributed by atoms with E-state index in [9.17, 15) is 9.59 Å². The highest BCUT2D eigenvalue weighted by atomic mass is 32.1. The zero-order valence-electron chi connectivity index (χ0n) is 20.0. The number of hydrogen-bond donors (Lipinski definition) is 2. The van der Waals surface area contributed by atoms with Gasteiger partial charge in [-0.25, -0.2) is 14.8 Å². The quantitative estimate of drug-likeness (QED) is 0.477. The van der Waals surface area contributed by atoms with E-state index in [1.807, 2.05) is 45.0 Å². The second kappa shape index (κ2) is 10.7. The molecule has 9 nitrogen and oxygen atoms in total. The molecule has 2 N–H and O–H groups in total. The predicted molar refractivity (Wildman–Crippen MR) is 135 cm³/mol. The Morgan fingerprint density at radius 1 is 1.06 bits per heavy atom. The summed E-state index contributed by atoms with van der Waals surface area (Å²) in [6, 6.07) is 11.1. The molecule has 4 rings (SSSR count). The number of ether oxygens (including phenoxy) is 2. The van der Waals surface area contributed by atoms with Gasteiger partial charge in [0.1, 0.15) is 17.5 Å². The maximum Gasteiger partial charge on any atom is 0.410 e. The van der Waals surface area contributed by atoms with Crippen LogP contribution < -0.4 is 15.4 Å². The molecule has 35 heavy (non-hydrogen) atoms. The molecule has 184 valence electrons. The summed E-state index contributed by atoms with van der Waals surface area (Å²) in [5, 5.41) is 8.22. The molecular formula is C25H29N5O4S. The molecule has 1 aliphatic rings. The Morgan fingerprint density at radius 2 is 1.80 bits per heavy atom. The maximum atomic E-state index is 12.4. The van der Waals surface area contributed by atoms with Gasteiger partial charge in [-0.05, 0) is 57.2 Å². The molecule has 1 saturated heterocycles. The minimum Gasteiger partial charge on any atom is -0.490 e. The molecule has 2 aromatic heterocycles. The molecule has 0 radical (unpaired) electrons. The molecule has 0 atom stereocenters. The van der Waals surface area contributed by atoms with Gasteiger partial charge in [-0.1, -0.05) is 0 Å². The number of pyridine rings is 1. The first-order valence-electron chi connectivity index (χ1n) is 11.4. The van der Waals surface area contributed by atoms with Gasteiger partial charge in [-0.15, -0.1) is 11.3 Å². The van der Waals surface area contributed by atoms with Crippen LogP contribution in [0, 0.1) is 0 Å². The normalized spacial score (nSPS) is 14.3. The van der Waals surface area contributed by atoms with Crippen molar-refractivity contribution in [3.8, 4) is 5.75 Å². The van der Waals surface area contributed by atoms with Crippen molar-refractivity contribution in [2.75, 3.05) is 23.7 Å². The number of likely N-dealkylation sites (tertiary alicyclic amines) is 1. The minimum absolute atomic E-state index is 0.0379. The second-order valence-corrected chi connectivity index (χ2v) is 10.0. The first kappa shape index (κ1) is 24.5. The highest BCUT2D eigenvalue weighted by Crippen LogP contribution is 2.26. The standard InChI is InChI=1S/C25H29N5O4S/c1-25(2,3)34-24(32)30-14-10-19(11-15-30)33-18-8-6-17(7-9-18)28-21-20(5-4-12-26-21)29-22(31)23-27-13-16-35-23/h4-9,12-13,16,19H,10-11,14-15H2,1-3H3,(H,26,28)(H,29,31). The Kier molecular flexibility index (Phi) is 7.50. The van der Waals surface area contributed by atoms with E-state index in [0.717, 1.165) is 24.3 Å². The van der Waals surface area contributed by atoms with Gasteiger partial charge in [-0.2, -0.15) is 0 Å². The van der Waals surface area contributed by atoms with Crippen molar-refractivity contribution in [2.45, 2.75) is 45.3 Å². The number of thiazole rings is 1. The Morgan fingerprint density at radius 3 is 2.46 bits per heavy atom. The lowest BCUT2D eigenvalue weighted by Gasteiger charge is -2.33. The molecule has 1 aromatic carbocycles. The van der Waals surface area contributed by atoms with Crippen molar-refractivity contribution >= 4 is 40.5 Å². The highest BCUT2D eigenvalue weighted by Gasteiger charge is 2.27. The average molecular weight is 496 g/mol. The number of carbonyl (C=O) groups is 2. The highest BCUT2D eigenvalue weighted by molar-refractivity contribution is 7.11. The molecule has 0 spiro atoms. The van der Waals surface area contributed by atoms with Crippen LogP contribution in [0.25, 0.3) is 0 Å². The molecule has 0 aliphatic carbocycles. The maximum absolute atomic E-state index is 12.4. The van der Waals surface area contributed by atoms with Crippen LogP contribution in [-0.4, -0.2) is 51.7 Å². The summed E-state index contributed by atoms with van der Waals surface area (Å²) in [7, 11) is 0. The van der Waals surface area contributed by atoms with Gasteiger partial charge in [0, 0.05) is 49.4 Å². The number of benzene rings is 1. The van der Waals surface area contributed by atoms with Crippen LogP contribution in [0.3, 0.4) is 0 Å². The van der Waals surface area contributed by atoms with Crippen LogP contribution in [0.1, 0.15) is 43.4 Å². The zero-order valence-corrected chi connectivity index (χ0v) is 20.8. The second-order valence-electron chi connectivity index (χ2n) is 9.12. The fraction of sp³-hybridized carbons (Fsp3) is 0.360. The Labute approximate surface area is 208 Å². The summed E-state index contributed by atoms with van der Waals surface area (Å²) in [5.74, 6) is 1.00. The van der Waals surface area contributed by atoms with Gasteiger partial charge in [0.05, 0.1) is 5.69 Å². The predicted octanol–water partition coefficient (Wildman–Crippen LogP) is 5.31. The topological polar surface area (TPSA) is 106 Å². The lowest BCUT2D eigenvalue weighted by molar-refractivity contribution is 0.0126. The molecule has 0 unspecified atom stereocenters. The van der Waals surface area contributed by atoms with Gasteiger partial charge >= 0.3 is 6.09 Å². The van der Waals surface area contributed by atoms with Crippen LogP contribution in [0.5, 0.6) is 5.75 Å². The van der Waals surface area contributed by atoms with Gasteiger partial charge < -0.3 is 25.0 Å². The number of carbonyl (C=O) groups excluding carboxylic acids is 2. The molecular weight excluding hydrogens is 466 g/mol. The summed E-state index contributed by atoms with van der Waals surface area (Å²) in [5.41, 5.74) is 0.869. The number of piperidine rings is 1. The number of nitrogens with zero attached hydrogens (tertiary/aromatic N) is 3. The fourth-order valence-corrected chi connectivity index (χ4v) is 4.08. The summed E-state index contributed by atoms with van der Waals surface area (Å²) >= 11 is 1.28. The number of rotatable bonds is 6. The van der Waals surface area contributed by atoms with Crippen molar-refractivity contribution in [1.82, 2.24) is 14.9 Å². The van der Waals surface area contributed by atoms with Gasteiger partial charge in [0.25, 0.3) is 5.91 Å². The van der Waals surface area contributed by atoms with Crippen molar-refractivity contribution in [3.63, 3.8) is 0 Å². The first-order valence-corrected chi connectivity index (χ1v) is 12.3. The Hall–Kier alpha value is -3.66. The van der Waals surface area contributed by atoms with E-state index in [2.05, 4.69) is 20.6 Å². The lowest BCUT2D eigenvalue weighted by atomic mass is 10.1. The molecule has 2 amide bonds. The first-order chi connectivity index (χ1) is 16.8. The molecule has 3 heterocycles. The third-order valence-electron chi connectivity index (χ3n) is 5.20. The molecule has 1 aliphatic heterocycles. The van der Waals surface area contributed by atoms with E-state index in [1.165, 1.54) is 11.3 Å². The molecule has 0 bridgehead atoms. The molecule has 3 aromatic rings. The third-order valence-corrected chi connectivity index (χ3v) is 5.97. The van der Waals surface area contributed by atoms with E-state index in [4.69, 9.17) is 9.47 Å². The largest absolute Gasteiger partial charge is 0.490 e. The van der Waals surface area contributed by atoms with Crippen LogP contribution in [0.15, 0.2) is 54.2 Å². The van der Waals surface area contributed by atoms with Gasteiger partial charge in [0.2, 0.25) is 0 Å². The summed E-state index contributed by atoms with van der Waals surface area (Å²) in [4.78, 5) is 34.7. The molecule has 0 saturated carbocycles. The van der Waals surface area contributed by atoms with E-state index < -0.39 is 5.60 Å². The zero-order chi connectivity index (χ0) is 24.8. The van der Waals surface area contributed by atoms with Gasteiger partial charge in [0.15, 0.2) is 10.8 Å². The summed E-state index contributed by atoms with van der Waals surface area (Å²) in [6.45, 7) is 6.81. The third kappa shape index (κ3) is 6.92. The van der Waals surface area contributed by atoms with Crippen molar-refractivity contribution in [2.24, 2.45) is 0 Å². The Bertz CT molecular complexity index is 1140. The van der Waals surface area contributed by atoms with Crippen LogP contribution >= 0.6 is 11.3 Å². The summed E-state index contributed by atoms with van der Waals surface area (Å²) in [6.07, 6.45) is 4.50. The van der Waals surface area contributed by atoms with E-state index in [0.29, 0.717) is 29.6 Å². The fourth-order valence-electron chi connectivity index (χ4n) is 3.55. The Balaban J connectivity index is 1.30. The summed E-state index contributed by atoms with van der Waals surface area (Å²) < 4.78 is 11.6. The van der Waals surface area contributed by atoms with Gasteiger partial charge in [-0.3, -0.25) is 4.79 Å². The van der Waals surface area contributed by atoms with Crippen LogP contribution in [0.4, 0.5) is 22.0 Å². The van der Waals surface area contributed by atoms with Crippen molar-refractivity contribution < 1.29 is 19.1 Å². The lowest BCUT2D eigenvalue weighted by Crippen LogP contribution is -2.44. The number of hydrogen-bond acceptors (Lipinski definition) is 8. The number of anilines is 3. The smallest absolute Gasteiger partial charge is 0.410 e.